The molecule has 0 unspecified atom stereocenters. The van der Waals surface area contributed by atoms with Gasteiger partial charge < -0.3 is 9.84 Å². The molecule has 0 bridgehead atoms. The van der Waals surface area contributed by atoms with Crippen molar-refractivity contribution in [3.8, 4) is 11.4 Å². The van der Waals surface area contributed by atoms with E-state index in [0.717, 1.165) is 0 Å². The Bertz CT molecular complexity index is 521. The number of carbonyl (C=O) groups excluding carboxylic acids is 1. The molecule has 1 N–H and O–H groups in total. The smallest absolute Gasteiger partial charge is 0.344 e. The third-order valence-corrected chi connectivity index (χ3v) is 2.25. The van der Waals surface area contributed by atoms with E-state index in [0.29, 0.717) is 5.69 Å². The zero-order valence-electron chi connectivity index (χ0n) is 9.33. The molecule has 17 heavy (non-hydrogen) atoms. The maximum Gasteiger partial charge on any atom is 0.344 e. The summed E-state index contributed by atoms with van der Waals surface area (Å²) in [5.74, 6) is -0.674. The predicted molar refractivity (Wildman–Crippen MR) is 61.2 cm³/mol. The van der Waals surface area contributed by atoms with E-state index in [-0.39, 0.29) is 17.9 Å². The van der Waals surface area contributed by atoms with Gasteiger partial charge in [0.25, 0.3) is 0 Å². The summed E-state index contributed by atoms with van der Waals surface area (Å²) in [5.41, 5.74) is 0.617. The van der Waals surface area contributed by atoms with E-state index in [9.17, 15) is 9.90 Å². The van der Waals surface area contributed by atoms with Crippen molar-refractivity contribution in [2.45, 2.75) is 6.92 Å². The molecule has 1 heterocycles. The van der Waals surface area contributed by atoms with Crippen molar-refractivity contribution in [3.63, 3.8) is 0 Å². The summed E-state index contributed by atoms with van der Waals surface area (Å²) in [6.45, 7) is 1.97. The van der Waals surface area contributed by atoms with Crippen LogP contribution >= 0.6 is 0 Å². The first-order chi connectivity index (χ1) is 8.24. The van der Waals surface area contributed by atoms with Crippen LogP contribution in [0.3, 0.4) is 0 Å². The normalized spacial score (nSPS) is 10.2. The van der Waals surface area contributed by atoms with Gasteiger partial charge in [0, 0.05) is 12.4 Å². The van der Waals surface area contributed by atoms with Crippen LogP contribution in [-0.2, 0) is 4.74 Å². The van der Waals surface area contributed by atoms with Crippen molar-refractivity contribution in [1.82, 2.24) is 9.78 Å². The second-order valence-corrected chi connectivity index (χ2v) is 3.34. The number of aromatic hydroxyl groups is 1. The second-order valence-electron chi connectivity index (χ2n) is 3.34. The van der Waals surface area contributed by atoms with Crippen LogP contribution in [0.25, 0.3) is 5.69 Å². The summed E-state index contributed by atoms with van der Waals surface area (Å²) in [6.07, 6.45) is 3.29. The van der Waals surface area contributed by atoms with E-state index in [1.165, 1.54) is 10.7 Å². The monoisotopic (exact) mass is 232 g/mol. The van der Waals surface area contributed by atoms with Gasteiger partial charge >= 0.3 is 5.97 Å². The van der Waals surface area contributed by atoms with Crippen LogP contribution in [0.4, 0.5) is 0 Å². The number of ether oxygens (including phenoxy) is 1. The van der Waals surface area contributed by atoms with Gasteiger partial charge in [-0.2, -0.15) is 5.10 Å². The van der Waals surface area contributed by atoms with E-state index in [1.54, 1.807) is 37.5 Å². The summed E-state index contributed by atoms with van der Waals surface area (Å²) in [6, 6.07) is 6.52. The van der Waals surface area contributed by atoms with E-state index in [4.69, 9.17) is 4.74 Å². The quantitative estimate of drug-likeness (QED) is 0.819. The molecule has 1 aromatic carbocycles. The minimum Gasteiger partial charge on any atom is -0.507 e. The van der Waals surface area contributed by atoms with Gasteiger partial charge in [-0.1, -0.05) is 6.07 Å². The highest BCUT2D eigenvalue weighted by Crippen LogP contribution is 2.24. The third-order valence-electron chi connectivity index (χ3n) is 2.25. The highest BCUT2D eigenvalue weighted by molar-refractivity contribution is 5.96. The van der Waals surface area contributed by atoms with Gasteiger partial charge in [-0.15, -0.1) is 0 Å². The largest absolute Gasteiger partial charge is 0.507 e. The first kappa shape index (κ1) is 11.2. The predicted octanol–water partition coefficient (Wildman–Crippen LogP) is 1.75. The number of nitrogens with zero attached hydrogens (tertiary/aromatic N) is 2. The van der Waals surface area contributed by atoms with Gasteiger partial charge in [0.1, 0.15) is 11.3 Å². The maximum atomic E-state index is 11.8. The molecule has 88 valence electrons. The molecule has 0 fully saturated rings. The first-order valence-electron chi connectivity index (χ1n) is 5.23. The Balaban J connectivity index is 2.53. The van der Waals surface area contributed by atoms with Crippen molar-refractivity contribution in [1.29, 1.82) is 0 Å². The number of hydrogen-bond donors (Lipinski definition) is 1. The van der Waals surface area contributed by atoms with Gasteiger partial charge in [0.05, 0.1) is 12.3 Å². The molecule has 0 atom stereocenters. The number of carbonyl (C=O) groups is 1. The van der Waals surface area contributed by atoms with Crippen LogP contribution in [0.1, 0.15) is 17.3 Å². The summed E-state index contributed by atoms with van der Waals surface area (Å²) >= 11 is 0. The van der Waals surface area contributed by atoms with Crippen LogP contribution in [0.5, 0.6) is 5.75 Å². The molecular formula is C12H12N2O3. The van der Waals surface area contributed by atoms with Gasteiger partial charge in [0.2, 0.25) is 0 Å². The first-order valence-corrected chi connectivity index (χ1v) is 5.23. The summed E-state index contributed by atoms with van der Waals surface area (Å²) in [4.78, 5) is 11.8. The molecule has 0 saturated heterocycles. The summed E-state index contributed by atoms with van der Waals surface area (Å²) in [5, 5.41) is 13.8. The van der Waals surface area contributed by atoms with Gasteiger partial charge in [0.15, 0.2) is 0 Å². The number of phenols is 1. The van der Waals surface area contributed by atoms with E-state index in [1.807, 2.05) is 0 Å². The van der Waals surface area contributed by atoms with Gasteiger partial charge in [-0.3, -0.25) is 0 Å². The lowest BCUT2D eigenvalue weighted by Gasteiger charge is -2.10. The SMILES string of the molecule is CCOC(=O)c1c(O)cccc1-n1cccn1. The maximum absolute atomic E-state index is 11.8. The molecular weight excluding hydrogens is 220 g/mol. The van der Waals surface area contributed by atoms with Crippen LogP contribution in [0.15, 0.2) is 36.7 Å². The molecule has 0 aliphatic rings. The lowest BCUT2D eigenvalue weighted by molar-refractivity contribution is 0.0523. The van der Waals surface area contributed by atoms with E-state index < -0.39 is 5.97 Å². The highest BCUT2D eigenvalue weighted by atomic mass is 16.5. The number of esters is 1. The van der Waals surface area contributed by atoms with Crippen molar-refractivity contribution in [2.75, 3.05) is 6.61 Å². The Morgan fingerprint density at radius 3 is 2.94 bits per heavy atom. The molecule has 0 spiro atoms. The molecule has 0 radical (unpaired) electrons. The van der Waals surface area contributed by atoms with Gasteiger partial charge in [-0.25, -0.2) is 9.48 Å². The number of benzene rings is 1. The molecule has 2 aromatic rings. The molecule has 0 aliphatic heterocycles. The Morgan fingerprint density at radius 2 is 2.29 bits per heavy atom. The van der Waals surface area contributed by atoms with E-state index >= 15 is 0 Å². The van der Waals surface area contributed by atoms with Crippen LogP contribution in [-0.4, -0.2) is 27.5 Å². The minimum absolute atomic E-state index is 0.114. The highest BCUT2D eigenvalue weighted by Gasteiger charge is 2.18. The topological polar surface area (TPSA) is 64.3 Å². The van der Waals surface area contributed by atoms with Crippen molar-refractivity contribution < 1.29 is 14.6 Å². The zero-order chi connectivity index (χ0) is 12.3. The third kappa shape index (κ3) is 2.13. The fourth-order valence-electron chi connectivity index (χ4n) is 1.54. The Hall–Kier alpha value is -2.30. The van der Waals surface area contributed by atoms with Crippen molar-refractivity contribution in [3.05, 3.63) is 42.2 Å². The number of rotatable bonds is 3. The second kappa shape index (κ2) is 4.69. The van der Waals surface area contributed by atoms with Crippen LogP contribution in [0, 0.1) is 0 Å². The fourth-order valence-corrected chi connectivity index (χ4v) is 1.54. The molecule has 2 rings (SSSR count). The number of aromatic nitrogens is 2. The number of phenolic OH excluding ortho intramolecular Hbond substituents is 1. The minimum atomic E-state index is -0.559. The lowest BCUT2D eigenvalue weighted by atomic mass is 10.1. The molecule has 0 saturated carbocycles. The van der Waals surface area contributed by atoms with E-state index in [2.05, 4.69) is 5.10 Å². The molecule has 5 nitrogen and oxygen atoms in total. The Labute approximate surface area is 98.3 Å². The number of hydrogen-bond acceptors (Lipinski definition) is 4. The van der Waals surface area contributed by atoms with Crippen LogP contribution in [0.2, 0.25) is 0 Å². The van der Waals surface area contributed by atoms with Gasteiger partial charge in [-0.05, 0) is 25.1 Å². The lowest BCUT2D eigenvalue weighted by Crippen LogP contribution is -2.10. The van der Waals surface area contributed by atoms with Crippen LogP contribution < -0.4 is 0 Å². The van der Waals surface area contributed by atoms with Crippen molar-refractivity contribution >= 4 is 5.97 Å². The van der Waals surface area contributed by atoms with Crippen molar-refractivity contribution in [2.24, 2.45) is 0 Å². The summed E-state index contributed by atoms with van der Waals surface area (Å²) in [7, 11) is 0. The Morgan fingerprint density at radius 1 is 1.47 bits per heavy atom. The average molecular weight is 232 g/mol. The molecule has 1 aromatic heterocycles. The average Bonchev–Trinajstić information content (AvgIpc) is 2.82. The zero-order valence-corrected chi connectivity index (χ0v) is 9.33. The molecule has 0 aliphatic carbocycles. The molecule has 5 heteroatoms. The fraction of sp³-hybridized carbons (Fsp3) is 0.167. The Kier molecular flexibility index (Phi) is 3.09. The summed E-state index contributed by atoms with van der Waals surface area (Å²) < 4.78 is 6.41. The standard InChI is InChI=1S/C12H12N2O3/c1-2-17-12(16)11-9(5-3-6-10(11)15)14-8-4-7-13-14/h3-8,15H,2H2,1H3. The molecule has 0 amide bonds.